The highest BCUT2D eigenvalue weighted by atomic mass is 35.5. The first-order valence-corrected chi connectivity index (χ1v) is 9.96. The molecule has 0 fully saturated rings. The van der Waals surface area contributed by atoms with Gasteiger partial charge in [0.1, 0.15) is 11.5 Å². The van der Waals surface area contributed by atoms with Gasteiger partial charge < -0.3 is 10.2 Å². The fourth-order valence-electron chi connectivity index (χ4n) is 2.83. The zero-order chi connectivity index (χ0) is 21.4. The minimum absolute atomic E-state index is 0.0194. The van der Waals surface area contributed by atoms with Gasteiger partial charge in [-0.3, -0.25) is 4.79 Å². The number of halogens is 1. The van der Waals surface area contributed by atoms with Crippen molar-refractivity contribution in [1.29, 1.82) is 0 Å². The molecule has 0 aliphatic heterocycles. The Morgan fingerprint density at radius 2 is 1.69 bits per heavy atom. The van der Waals surface area contributed by atoms with Crippen molar-refractivity contribution in [3.63, 3.8) is 0 Å². The van der Waals surface area contributed by atoms with E-state index in [4.69, 9.17) is 11.6 Å². The summed E-state index contributed by atoms with van der Waals surface area (Å²) in [6.07, 6.45) is 9.45. The molecule has 0 spiro atoms. The lowest BCUT2D eigenvalue weighted by molar-refractivity contribution is 0.104. The van der Waals surface area contributed by atoms with E-state index in [2.05, 4.69) is 19.9 Å². The van der Waals surface area contributed by atoms with Crippen LogP contribution in [0.2, 0.25) is 5.02 Å². The van der Waals surface area contributed by atoms with Crippen LogP contribution in [0.3, 0.4) is 0 Å². The number of carbonyl (C=O) groups is 1. The minimum Gasteiger partial charge on any atom is -0.508 e. The number of aromatic hydroxyl groups is 2. The first-order chi connectivity index (χ1) is 13.8. The van der Waals surface area contributed by atoms with Crippen LogP contribution < -0.4 is 0 Å². The largest absolute Gasteiger partial charge is 0.508 e. The van der Waals surface area contributed by atoms with E-state index in [0.717, 1.165) is 18.4 Å². The van der Waals surface area contributed by atoms with E-state index in [1.54, 1.807) is 30.3 Å². The lowest BCUT2D eigenvalue weighted by atomic mass is 9.99. The smallest absolute Gasteiger partial charge is 0.189 e. The van der Waals surface area contributed by atoms with Crippen LogP contribution in [0.1, 0.15) is 55.1 Å². The second-order valence-electron chi connectivity index (χ2n) is 7.28. The van der Waals surface area contributed by atoms with Gasteiger partial charge in [-0.2, -0.15) is 0 Å². The van der Waals surface area contributed by atoms with Crippen LogP contribution in [0.25, 0.3) is 6.08 Å². The van der Waals surface area contributed by atoms with E-state index < -0.39 is 0 Å². The number of carbonyl (C=O) groups excluding carboxylic acids is 1. The standard InChI is InChI=1S/C25H27ClO3/c1-17(2)5-4-6-18(3)7-13-21-24(28)16-14-22(25(21)29)23(27)15-10-19-8-11-20(26)12-9-19/h5,7-12,14-16,28-29H,4,6,13H2,1-3H3/b15-10+,18-7+. The Bertz CT molecular complexity index is 947. The summed E-state index contributed by atoms with van der Waals surface area (Å²) >= 11 is 5.86. The second-order valence-corrected chi connectivity index (χ2v) is 7.72. The van der Waals surface area contributed by atoms with Gasteiger partial charge in [-0.25, -0.2) is 0 Å². The molecule has 0 atom stereocenters. The van der Waals surface area contributed by atoms with Gasteiger partial charge in [0.15, 0.2) is 5.78 Å². The van der Waals surface area contributed by atoms with Gasteiger partial charge in [-0.05, 0) is 75.9 Å². The molecule has 0 saturated heterocycles. The summed E-state index contributed by atoms with van der Waals surface area (Å²) in [6, 6.07) is 9.98. The van der Waals surface area contributed by atoms with Crippen molar-refractivity contribution in [1.82, 2.24) is 0 Å². The van der Waals surface area contributed by atoms with Crippen LogP contribution in [0, 0.1) is 0 Å². The van der Waals surface area contributed by atoms with Crippen molar-refractivity contribution in [3.8, 4) is 11.5 Å². The molecule has 0 bridgehead atoms. The van der Waals surface area contributed by atoms with Crippen molar-refractivity contribution < 1.29 is 15.0 Å². The van der Waals surface area contributed by atoms with Crippen LogP contribution in [-0.2, 0) is 6.42 Å². The fraction of sp³-hybridized carbons (Fsp3) is 0.240. The summed E-state index contributed by atoms with van der Waals surface area (Å²) in [5, 5.41) is 21.3. The highest BCUT2D eigenvalue weighted by molar-refractivity contribution is 6.30. The summed E-state index contributed by atoms with van der Waals surface area (Å²) in [7, 11) is 0. The van der Waals surface area contributed by atoms with E-state index in [-0.39, 0.29) is 22.8 Å². The Kier molecular flexibility index (Phi) is 8.29. The molecule has 29 heavy (non-hydrogen) atoms. The number of benzene rings is 2. The summed E-state index contributed by atoms with van der Waals surface area (Å²) in [4.78, 5) is 12.5. The molecule has 2 rings (SSSR count). The van der Waals surface area contributed by atoms with Crippen LogP contribution in [0.15, 0.2) is 65.8 Å². The maximum Gasteiger partial charge on any atom is 0.189 e. The van der Waals surface area contributed by atoms with Crippen molar-refractivity contribution in [2.24, 2.45) is 0 Å². The highest BCUT2D eigenvalue weighted by Crippen LogP contribution is 2.32. The second kappa shape index (κ2) is 10.7. The predicted octanol–water partition coefficient (Wildman–Crippen LogP) is 6.88. The van der Waals surface area contributed by atoms with Gasteiger partial charge in [-0.15, -0.1) is 0 Å². The number of phenols is 2. The highest BCUT2D eigenvalue weighted by Gasteiger charge is 2.15. The zero-order valence-electron chi connectivity index (χ0n) is 17.1. The molecule has 0 aromatic heterocycles. The Balaban J connectivity index is 2.15. The van der Waals surface area contributed by atoms with E-state index in [9.17, 15) is 15.0 Å². The van der Waals surface area contributed by atoms with Crippen LogP contribution in [0.5, 0.6) is 11.5 Å². The SMILES string of the molecule is CC(C)=CCC/C(C)=C/Cc1c(O)ccc(C(=O)/C=C/c2ccc(Cl)cc2)c1O. The third-order valence-electron chi connectivity index (χ3n) is 4.57. The molecule has 0 aliphatic carbocycles. The molecule has 152 valence electrons. The Labute approximate surface area is 177 Å². The third kappa shape index (κ3) is 6.95. The fourth-order valence-corrected chi connectivity index (χ4v) is 2.95. The summed E-state index contributed by atoms with van der Waals surface area (Å²) < 4.78 is 0. The third-order valence-corrected chi connectivity index (χ3v) is 4.82. The van der Waals surface area contributed by atoms with Crippen LogP contribution in [0.4, 0.5) is 0 Å². The molecule has 0 unspecified atom stereocenters. The van der Waals surface area contributed by atoms with Gasteiger partial charge in [0, 0.05) is 10.6 Å². The van der Waals surface area contributed by atoms with Crippen molar-refractivity contribution in [3.05, 3.63) is 87.5 Å². The molecule has 0 saturated carbocycles. The molecular formula is C25H27ClO3. The quantitative estimate of drug-likeness (QED) is 0.283. The zero-order valence-corrected chi connectivity index (χ0v) is 17.8. The molecule has 3 nitrogen and oxygen atoms in total. The van der Waals surface area contributed by atoms with E-state index >= 15 is 0 Å². The Morgan fingerprint density at radius 1 is 1.00 bits per heavy atom. The average molecular weight is 411 g/mol. The Hall–Kier alpha value is -2.78. The van der Waals surface area contributed by atoms with Gasteiger partial charge in [0.25, 0.3) is 0 Å². The number of hydrogen-bond acceptors (Lipinski definition) is 3. The molecule has 0 radical (unpaired) electrons. The number of allylic oxidation sites excluding steroid dienone is 5. The summed E-state index contributed by atoms with van der Waals surface area (Å²) in [6.45, 7) is 6.16. The molecular weight excluding hydrogens is 384 g/mol. The molecule has 0 aliphatic rings. The summed E-state index contributed by atoms with van der Waals surface area (Å²) in [5.74, 6) is -0.527. The van der Waals surface area contributed by atoms with Gasteiger partial charge in [0.2, 0.25) is 0 Å². The normalized spacial score (nSPS) is 11.7. The molecule has 2 N–H and O–H groups in total. The lowest BCUT2D eigenvalue weighted by Gasteiger charge is -2.09. The first-order valence-electron chi connectivity index (χ1n) is 9.58. The monoisotopic (exact) mass is 410 g/mol. The van der Waals surface area contributed by atoms with E-state index in [0.29, 0.717) is 17.0 Å². The first kappa shape index (κ1) is 22.5. The van der Waals surface area contributed by atoms with Crippen molar-refractivity contribution >= 4 is 23.5 Å². The van der Waals surface area contributed by atoms with Crippen LogP contribution >= 0.6 is 11.6 Å². The number of rotatable bonds is 8. The van der Waals surface area contributed by atoms with E-state index in [1.807, 2.05) is 13.0 Å². The minimum atomic E-state index is -0.331. The summed E-state index contributed by atoms with van der Waals surface area (Å²) in [5.41, 5.74) is 3.80. The molecule has 2 aromatic rings. The van der Waals surface area contributed by atoms with Crippen LogP contribution in [-0.4, -0.2) is 16.0 Å². The number of phenolic OH excluding ortho intramolecular Hbond substituents is 2. The molecule has 4 heteroatoms. The van der Waals surface area contributed by atoms with Crippen molar-refractivity contribution in [2.45, 2.75) is 40.0 Å². The van der Waals surface area contributed by atoms with Gasteiger partial charge in [-0.1, -0.05) is 53.1 Å². The van der Waals surface area contributed by atoms with Crippen molar-refractivity contribution in [2.75, 3.05) is 0 Å². The topological polar surface area (TPSA) is 57.5 Å². The van der Waals surface area contributed by atoms with Gasteiger partial charge in [0.05, 0.1) is 5.56 Å². The van der Waals surface area contributed by atoms with E-state index in [1.165, 1.54) is 29.4 Å². The lowest BCUT2D eigenvalue weighted by Crippen LogP contribution is -1.98. The predicted molar refractivity (Wildman–Crippen MR) is 121 cm³/mol. The molecule has 0 heterocycles. The maximum absolute atomic E-state index is 12.5. The average Bonchev–Trinajstić information content (AvgIpc) is 2.67. The molecule has 2 aromatic carbocycles. The maximum atomic E-state index is 12.5. The number of ketones is 1. The molecule has 0 amide bonds. The number of hydrogen-bond donors (Lipinski definition) is 2. The van der Waals surface area contributed by atoms with Gasteiger partial charge >= 0.3 is 0 Å². The Morgan fingerprint density at radius 3 is 2.34 bits per heavy atom.